The number of carbonyl (C=O) groups is 1. The molecule has 82 valence electrons. The minimum atomic E-state index is 0.123. The number of piperidine rings is 1. The summed E-state index contributed by atoms with van der Waals surface area (Å²) in [6, 6.07) is 9.69. The Labute approximate surface area is 94.3 Å². The number of rotatable bonds is 2. The lowest BCUT2D eigenvalue weighted by Gasteiger charge is -2.24. The second-order valence-electron chi connectivity index (χ2n) is 3.87. The lowest BCUT2D eigenvalue weighted by molar-refractivity contribution is -0.122. The van der Waals surface area contributed by atoms with Crippen molar-refractivity contribution in [1.82, 2.24) is 5.32 Å². The van der Waals surface area contributed by atoms with Gasteiger partial charge >= 0.3 is 0 Å². The van der Waals surface area contributed by atoms with Gasteiger partial charge < -0.3 is 10.6 Å². The molecule has 1 saturated heterocycles. The summed E-state index contributed by atoms with van der Waals surface area (Å²) >= 11 is 0. The molecule has 0 bridgehead atoms. The van der Waals surface area contributed by atoms with Gasteiger partial charge in [0.05, 0.1) is 11.6 Å². The van der Waals surface area contributed by atoms with Gasteiger partial charge in [-0.15, -0.1) is 0 Å². The summed E-state index contributed by atoms with van der Waals surface area (Å²) in [6.07, 6.45) is 1.43. The van der Waals surface area contributed by atoms with E-state index in [0.717, 1.165) is 12.1 Å². The van der Waals surface area contributed by atoms with Crippen LogP contribution >= 0.6 is 0 Å². The number of carbonyl (C=O) groups excluding carboxylic acids is 1. The van der Waals surface area contributed by atoms with Crippen molar-refractivity contribution < 1.29 is 4.79 Å². The zero-order valence-electron chi connectivity index (χ0n) is 8.86. The fraction of sp³-hybridized carbons (Fsp3) is 0.333. The van der Waals surface area contributed by atoms with E-state index in [-0.39, 0.29) is 11.9 Å². The number of amides is 1. The molecule has 2 rings (SSSR count). The van der Waals surface area contributed by atoms with Gasteiger partial charge in [0.2, 0.25) is 5.91 Å². The highest BCUT2D eigenvalue weighted by atomic mass is 16.1. The van der Waals surface area contributed by atoms with Crippen LogP contribution in [-0.4, -0.2) is 18.5 Å². The van der Waals surface area contributed by atoms with Gasteiger partial charge in [-0.25, -0.2) is 0 Å². The molecule has 1 aliphatic rings. The van der Waals surface area contributed by atoms with Crippen molar-refractivity contribution in [1.29, 1.82) is 5.26 Å². The minimum Gasteiger partial charge on any atom is -0.381 e. The van der Waals surface area contributed by atoms with E-state index in [4.69, 9.17) is 5.26 Å². The Kier molecular flexibility index (Phi) is 3.06. The molecule has 0 saturated carbocycles. The molecule has 16 heavy (non-hydrogen) atoms. The van der Waals surface area contributed by atoms with Gasteiger partial charge in [-0.05, 0) is 30.7 Å². The molecule has 1 aromatic rings. The lowest BCUT2D eigenvalue weighted by atomic mass is 10.1. The average molecular weight is 215 g/mol. The van der Waals surface area contributed by atoms with Crippen molar-refractivity contribution in [2.45, 2.75) is 18.9 Å². The van der Waals surface area contributed by atoms with E-state index in [1.807, 2.05) is 12.1 Å². The van der Waals surface area contributed by atoms with Gasteiger partial charge in [-0.2, -0.15) is 5.26 Å². The van der Waals surface area contributed by atoms with Gasteiger partial charge in [0.1, 0.15) is 0 Å². The van der Waals surface area contributed by atoms with Crippen LogP contribution in [0, 0.1) is 11.3 Å². The molecular weight excluding hydrogens is 202 g/mol. The molecule has 1 heterocycles. The summed E-state index contributed by atoms with van der Waals surface area (Å²) in [4.78, 5) is 11.0. The number of nitrogens with zero attached hydrogens (tertiary/aromatic N) is 1. The van der Waals surface area contributed by atoms with E-state index in [0.29, 0.717) is 18.5 Å². The molecule has 0 aromatic heterocycles. The monoisotopic (exact) mass is 215 g/mol. The highest BCUT2D eigenvalue weighted by molar-refractivity contribution is 5.77. The van der Waals surface area contributed by atoms with Crippen LogP contribution in [0.3, 0.4) is 0 Å². The number of hydrogen-bond donors (Lipinski definition) is 2. The first-order chi connectivity index (χ1) is 7.78. The Hall–Kier alpha value is -2.02. The zero-order chi connectivity index (χ0) is 11.4. The molecule has 4 heteroatoms. The van der Waals surface area contributed by atoms with Crippen LogP contribution in [-0.2, 0) is 4.79 Å². The van der Waals surface area contributed by atoms with Crippen LogP contribution in [0.1, 0.15) is 18.4 Å². The third kappa shape index (κ3) is 2.51. The van der Waals surface area contributed by atoms with Crippen molar-refractivity contribution in [3.63, 3.8) is 0 Å². The van der Waals surface area contributed by atoms with Crippen molar-refractivity contribution in [2.75, 3.05) is 11.9 Å². The van der Waals surface area contributed by atoms with Crippen LogP contribution in [0.4, 0.5) is 5.69 Å². The lowest BCUT2D eigenvalue weighted by Crippen LogP contribution is -2.41. The Bertz CT molecular complexity index is 409. The molecule has 4 nitrogen and oxygen atoms in total. The molecule has 1 aliphatic heterocycles. The van der Waals surface area contributed by atoms with E-state index in [2.05, 4.69) is 16.7 Å². The molecule has 2 N–H and O–H groups in total. The van der Waals surface area contributed by atoms with Crippen LogP contribution in [0.2, 0.25) is 0 Å². The smallest absolute Gasteiger partial charge is 0.220 e. The van der Waals surface area contributed by atoms with Gasteiger partial charge in [0, 0.05) is 24.7 Å². The van der Waals surface area contributed by atoms with E-state index in [1.165, 1.54) is 0 Å². The molecule has 1 fully saturated rings. The summed E-state index contributed by atoms with van der Waals surface area (Å²) in [5.41, 5.74) is 1.64. The van der Waals surface area contributed by atoms with Crippen molar-refractivity contribution in [3.8, 4) is 6.07 Å². The Balaban J connectivity index is 1.94. The van der Waals surface area contributed by atoms with Gasteiger partial charge in [-0.3, -0.25) is 4.79 Å². The molecule has 0 aliphatic carbocycles. The average Bonchev–Trinajstić information content (AvgIpc) is 2.33. The first-order valence-electron chi connectivity index (χ1n) is 5.31. The van der Waals surface area contributed by atoms with Gasteiger partial charge in [0.15, 0.2) is 0 Å². The number of benzene rings is 1. The Morgan fingerprint density at radius 3 is 2.69 bits per heavy atom. The summed E-state index contributed by atoms with van der Waals surface area (Å²) < 4.78 is 0. The molecule has 0 spiro atoms. The second-order valence-corrected chi connectivity index (χ2v) is 3.87. The van der Waals surface area contributed by atoms with Gasteiger partial charge in [0.25, 0.3) is 0 Å². The third-order valence-electron chi connectivity index (χ3n) is 2.65. The zero-order valence-corrected chi connectivity index (χ0v) is 8.86. The summed E-state index contributed by atoms with van der Waals surface area (Å²) in [5, 5.41) is 14.8. The highest BCUT2D eigenvalue weighted by Gasteiger charge is 2.17. The van der Waals surface area contributed by atoms with E-state index in [9.17, 15) is 4.79 Å². The predicted molar refractivity (Wildman–Crippen MR) is 60.8 cm³/mol. The number of nitrogens with one attached hydrogen (secondary N) is 2. The molecule has 1 aromatic carbocycles. The van der Waals surface area contributed by atoms with Crippen molar-refractivity contribution in [3.05, 3.63) is 29.8 Å². The largest absolute Gasteiger partial charge is 0.381 e. The maximum Gasteiger partial charge on any atom is 0.220 e. The topological polar surface area (TPSA) is 64.9 Å². The maximum atomic E-state index is 11.0. The summed E-state index contributed by atoms with van der Waals surface area (Å²) in [7, 11) is 0. The van der Waals surface area contributed by atoms with Crippen LogP contribution in [0.5, 0.6) is 0 Å². The Morgan fingerprint density at radius 2 is 2.12 bits per heavy atom. The number of anilines is 1. The Morgan fingerprint density at radius 1 is 1.38 bits per heavy atom. The standard InChI is InChI=1S/C12H13N3O/c13-7-9-1-3-10(4-2-9)15-11-5-6-12(16)14-8-11/h1-4,11,15H,5-6,8H2,(H,14,16). The van der Waals surface area contributed by atoms with Crippen molar-refractivity contribution >= 4 is 11.6 Å². The van der Waals surface area contributed by atoms with Crippen LogP contribution < -0.4 is 10.6 Å². The predicted octanol–water partition coefficient (Wildman–Crippen LogP) is 1.25. The maximum absolute atomic E-state index is 11.0. The SMILES string of the molecule is N#Cc1ccc(NC2CCC(=O)NC2)cc1. The second kappa shape index (κ2) is 4.67. The van der Waals surface area contributed by atoms with Gasteiger partial charge in [-0.1, -0.05) is 0 Å². The molecule has 1 atom stereocenters. The van der Waals surface area contributed by atoms with E-state index < -0.39 is 0 Å². The summed E-state index contributed by atoms with van der Waals surface area (Å²) in [6.45, 7) is 0.666. The van der Waals surface area contributed by atoms with Crippen LogP contribution in [0.15, 0.2) is 24.3 Å². The molecular formula is C12H13N3O. The highest BCUT2D eigenvalue weighted by Crippen LogP contribution is 2.13. The van der Waals surface area contributed by atoms with E-state index in [1.54, 1.807) is 12.1 Å². The normalized spacial score (nSPS) is 19.7. The number of hydrogen-bond acceptors (Lipinski definition) is 3. The fourth-order valence-electron chi connectivity index (χ4n) is 1.73. The minimum absolute atomic E-state index is 0.123. The first-order valence-corrected chi connectivity index (χ1v) is 5.31. The third-order valence-corrected chi connectivity index (χ3v) is 2.65. The molecule has 1 unspecified atom stereocenters. The first kappa shape index (κ1) is 10.5. The van der Waals surface area contributed by atoms with E-state index >= 15 is 0 Å². The van der Waals surface area contributed by atoms with Crippen molar-refractivity contribution in [2.24, 2.45) is 0 Å². The quantitative estimate of drug-likeness (QED) is 0.780. The molecule has 0 radical (unpaired) electrons. The summed E-state index contributed by atoms with van der Waals surface area (Å²) in [5.74, 6) is 0.123. The molecule has 1 amide bonds. The number of nitriles is 1. The fourth-order valence-corrected chi connectivity index (χ4v) is 1.73. The van der Waals surface area contributed by atoms with Crippen LogP contribution in [0.25, 0.3) is 0 Å².